The maximum atomic E-state index is 10.7. The second-order valence-corrected chi connectivity index (χ2v) is 6.96. The van der Waals surface area contributed by atoms with Crippen LogP contribution in [0.2, 0.25) is 0 Å². The Kier molecular flexibility index (Phi) is 7.06. The van der Waals surface area contributed by atoms with Crippen LogP contribution in [0.3, 0.4) is 0 Å². The fourth-order valence-electron chi connectivity index (χ4n) is 2.97. The molecule has 0 spiro atoms. The maximum absolute atomic E-state index is 10.7. The fourth-order valence-corrected chi connectivity index (χ4v) is 2.97. The predicted octanol–water partition coefficient (Wildman–Crippen LogP) is 1.79. The number of aliphatic imine (C=N–C) groups is 1. The van der Waals surface area contributed by atoms with Crippen LogP contribution >= 0.6 is 0 Å². The Bertz CT molecular complexity index is 507. The minimum atomic E-state index is -0.961. The first-order valence-electron chi connectivity index (χ1n) is 9.00. The summed E-state index contributed by atoms with van der Waals surface area (Å²) >= 11 is 0. The molecule has 2 rings (SSSR count). The molecular formula is C19H32N4O. The molecule has 0 saturated carbocycles. The lowest BCUT2D eigenvalue weighted by Crippen LogP contribution is -2.43. The summed E-state index contributed by atoms with van der Waals surface area (Å²) in [6.45, 7) is 8.29. The molecule has 24 heavy (non-hydrogen) atoms. The molecule has 134 valence electrons. The van der Waals surface area contributed by atoms with Crippen LogP contribution in [0.5, 0.6) is 0 Å². The average molecular weight is 332 g/mol. The molecule has 0 radical (unpaired) electrons. The van der Waals surface area contributed by atoms with Gasteiger partial charge in [-0.15, -0.1) is 0 Å². The summed E-state index contributed by atoms with van der Waals surface area (Å²) in [6, 6.07) is 9.72. The molecule has 1 aromatic carbocycles. The van der Waals surface area contributed by atoms with Crippen molar-refractivity contribution in [2.24, 2.45) is 10.9 Å². The number of benzene rings is 1. The minimum absolute atomic E-state index is 0.333. The third-order valence-corrected chi connectivity index (χ3v) is 4.68. The van der Waals surface area contributed by atoms with Crippen LogP contribution in [0.4, 0.5) is 0 Å². The van der Waals surface area contributed by atoms with Crippen molar-refractivity contribution in [3.05, 3.63) is 35.9 Å². The van der Waals surface area contributed by atoms with Crippen LogP contribution in [0.1, 0.15) is 32.3 Å². The van der Waals surface area contributed by atoms with E-state index in [1.807, 2.05) is 37.3 Å². The predicted molar refractivity (Wildman–Crippen MR) is 100 cm³/mol. The third kappa shape index (κ3) is 5.80. The molecule has 0 amide bonds. The number of likely N-dealkylation sites (tertiary alicyclic amines) is 1. The number of piperidine rings is 1. The molecule has 1 aromatic rings. The summed E-state index contributed by atoms with van der Waals surface area (Å²) in [6.07, 6.45) is 2.45. The summed E-state index contributed by atoms with van der Waals surface area (Å²) in [7, 11) is 2.18. The number of aliphatic hydroxyl groups is 1. The lowest BCUT2D eigenvalue weighted by molar-refractivity contribution is 0.0672. The van der Waals surface area contributed by atoms with E-state index < -0.39 is 5.60 Å². The first-order valence-corrected chi connectivity index (χ1v) is 9.00. The van der Waals surface area contributed by atoms with Gasteiger partial charge in [-0.1, -0.05) is 30.3 Å². The lowest BCUT2D eigenvalue weighted by atomic mass is 9.96. The van der Waals surface area contributed by atoms with Crippen LogP contribution in [0.25, 0.3) is 0 Å². The van der Waals surface area contributed by atoms with E-state index >= 15 is 0 Å². The van der Waals surface area contributed by atoms with Gasteiger partial charge in [-0.2, -0.15) is 0 Å². The first-order chi connectivity index (χ1) is 11.5. The highest BCUT2D eigenvalue weighted by atomic mass is 16.3. The first kappa shape index (κ1) is 18.7. The van der Waals surface area contributed by atoms with Crippen molar-refractivity contribution >= 4 is 5.96 Å². The molecule has 5 heteroatoms. The zero-order valence-corrected chi connectivity index (χ0v) is 15.3. The SMILES string of the molecule is CCNC(=NCC(C)(O)c1ccccc1)NCC1CCN(C)CC1. The number of hydrogen-bond donors (Lipinski definition) is 3. The van der Waals surface area contributed by atoms with Crippen LogP contribution in [-0.4, -0.2) is 55.7 Å². The van der Waals surface area contributed by atoms with Gasteiger partial charge in [0.25, 0.3) is 0 Å². The summed E-state index contributed by atoms with van der Waals surface area (Å²) < 4.78 is 0. The van der Waals surface area contributed by atoms with Crippen molar-refractivity contribution in [2.45, 2.75) is 32.3 Å². The molecule has 1 fully saturated rings. The molecule has 0 aromatic heterocycles. The standard InChI is InChI=1S/C19H32N4O/c1-4-20-18(21-14-16-10-12-23(3)13-11-16)22-15-19(2,24)17-8-6-5-7-9-17/h5-9,16,24H,4,10-15H2,1-3H3,(H2,20,21,22). The Morgan fingerprint density at radius 1 is 1.25 bits per heavy atom. The highest BCUT2D eigenvalue weighted by Crippen LogP contribution is 2.20. The van der Waals surface area contributed by atoms with E-state index in [2.05, 4.69) is 34.5 Å². The monoisotopic (exact) mass is 332 g/mol. The number of guanidine groups is 1. The molecule has 1 aliphatic heterocycles. The molecule has 5 nitrogen and oxygen atoms in total. The van der Waals surface area contributed by atoms with Gasteiger partial charge in [0.05, 0.1) is 6.54 Å². The van der Waals surface area contributed by atoms with Crippen molar-refractivity contribution in [2.75, 3.05) is 39.8 Å². The van der Waals surface area contributed by atoms with E-state index in [1.165, 1.54) is 25.9 Å². The van der Waals surface area contributed by atoms with Gasteiger partial charge in [-0.25, -0.2) is 4.99 Å². The van der Waals surface area contributed by atoms with E-state index in [0.717, 1.165) is 24.6 Å². The summed E-state index contributed by atoms with van der Waals surface area (Å²) in [4.78, 5) is 6.98. The van der Waals surface area contributed by atoms with E-state index in [0.29, 0.717) is 12.5 Å². The van der Waals surface area contributed by atoms with Gasteiger partial charge in [0.2, 0.25) is 0 Å². The van der Waals surface area contributed by atoms with E-state index in [4.69, 9.17) is 0 Å². The van der Waals surface area contributed by atoms with Crippen LogP contribution in [-0.2, 0) is 5.60 Å². The molecule has 0 aliphatic carbocycles. The Morgan fingerprint density at radius 2 is 1.92 bits per heavy atom. The van der Waals surface area contributed by atoms with E-state index in [-0.39, 0.29) is 0 Å². The number of nitrogens with zero attached hydrogens (tertiary/aromatic N) is 2. The van der Waals surface area contributed by atoms with Crippen LogP contribution < -0.4 is 10.6 Å². The van der Waals surface area contributed by atoms with Gasteiger partial charge in [0, 0.05) is 13.1 Å². The molecule has 1 atom stereocenters. The lowest BCUT2D eigenvalue weighted by Gasteiger charge is -2.29. The molecule has 1 unspecified atom stereocenters. The Balaban J connectivity index is 1.90. The van der Waals surface area contributed by atoms with Gasteiger partial charge in [0.1, 0.15) is 5.60 Å². The topological polar surface area (TPSA) is 59.9 Å². The second kappa shape index (κ2) is 9.04. The fraction of sp³-hybridized carbons (Fsp3) is 0.632. The third-order valence-electron chi connectivity index (χ3n) is 4.68. The van der Waals surface area contributed by atoms with Gasteiger partial charge < -0.3 is 20.6 Å². The number of rotatable bonds is 6. The highest BCUT2D eigenvalue weighted by Gasteiger charge is 2.23. The van der Waals surface area contributed by atoms with Crippen molar-refractivity contribution < 1.29 is 5.11 Å². The quantitative estimate of drug-likeness (QED) is 0.549. The van der Waals surface area contributed by atoms with E-state index in [1.54, 1.807) is 0 Å². The van der Waals surface area contributed by atoms with Crippen LogP contribution in [0, 0.1) is 5.92 Å². The zero-order chi connectivity index (χ0) is 17.4. The van der Waals surface area contributed by atoms with Crippen molar-refractivity contribution in [1.29, 1.82) is 0 Å². The van der Waals surface area contributed by atoms with Gasteiger partial charge >= 0.3 is 0 Å². The molecule has 1 saturated heterocycles. The van der Waals surface area contributed by atoms with Crippen molar-refractivity contribution in [1.82, 2.24) is 15.5 Å². The molecule has 1 aliphatic rings. The molecular weight excluding hydrogens is 300 g/mol. The average Bonchev–Trinajstić information content (AvgIpc) is 2.59. The highest BCUT2D eigenvalue weighted by molar-refractivity contribution is 5.79. The second-order valence-electron chi connectivity index (χ2n) is 6.96. The summed E-state index contributed by atoms with van der Waals surface area (Å²) in [5, 5.41) is 17.4. The molecule has 1 heterocycles. The van der Waals surface area contributed by atoms with E-state index in [9.17, 15) is 5.11 Å². The van der Waals surface area contributed by atoms with Crippen molar-refractivity contribution in [3.8, 4) is 0 Å². The summed E-state index contributed by atoms with van der Waals surface area (Å²) in [5.74, 6) is 1.48. The van der Waals surface area contributed by atoms with Crippen molar-refractivity contribution in [3.63, 3.8) is 0 Å². The van der Waals surface area contributed by atoms with Crippen LogP contribution in [0.15, 0.2) is 35.3 Å². The Labute approximate surface area is 146 Å². The molecule has 3 N–H and O–H groups in total. The summed E-state index contributed by atoms with van der Waals surface area (Å²) in [5.41, 5.74) is -0.0723. The maximum Gasteiger partial charge on any atom is 0.191 e. The normalized spacial score (nSPS) is 19.8. The van der Waals surface area contributed by atoms with Gasteiger partial charge in [-0.05, 0) is 58.3 Å². The smallest absolute Gasteiger partial charge is 0.191 e. The number of nitrogens with one attached hydrogen (secondary N) is 2. The Hall–Kier alpha value is -1.59. The van der Waals surface area contributed by atoms with Gasteiger partial charge in [-0.3, -0.25) is 0 Å². The minimum Gasteiger partial charge on any atom is -0.384 e. The number of hydrogen-bond acceptors (Lipinski definition) is 3. The van der Waals surface area contributed by atoms with Gasteiger partial charge in [0.15, 0.2) is 5.96 Å². The Morgan fingerprint density at radius 3 is 2.54 bits per heavy atom. The zero-order valence-electron chi connectivity index (χ0n) is 15.3. The largest absolute Gasteiger partial charge is 0.384 e. The molecule has 0 bridgehead atoms.